The van der Waals surface area contributed by atoms with Crippen molar-refractivity contribution in [2.45, 2.75) is 31.7 Å². The largest absolute Gasteiger partial charge is 0.314 e. The second-order valence-corrected chi connectivity index (χ2v) is 7.86. The van der Waals surface area contributed by atoms with Gasteiger partial charge in [0.15, 0.2) is 0 Å². The Balaban J connectivity index is 1.85. The van der Waals surface area contributed by atoms with Crippen molar-refractivity contribution in [3.05, 3.63) is 70.8 Å². The van der Waals surface area contributed by atoms with Crippen LogP contribution in [0.3, 0.4) is 0 Å². The highest BCUT2D eigenvalue weighted by Gasteiger charge is 2.50. The molecule has 0 bridgehead atoms. The second kappa shape index (κ2) is 6.75. The average Bonchev–Trinajstić information content (AvgIpc) is 2.99. The van der Waals surface area contributed by atoms with Gasteiger partial charge in [-0.15, -0.1) is 0 Å². The number of nitrogens with one attached hydrogen (secondary N) is 1. The fourth-order valence-electron chi connectivity index (χ4n) is 5.01. The minimum Gasteiger partial charge on any atom is -0.314 e. The van der Waals surface area contributed by atoms with Gasteiger partial charge in [-0.2, -0.15) is 0 Å². The summed E-state index contributed by atoms with van der Waals surface area (Å²) in [6, 6.07) is 12.0. The maximum absolute atomic E-state index is 14.2. The highest BCUT2D eigenvalue weighted by molar-refractivity contribution is 5.48. The third-order valence-electron chi connectivity index (χ3n) is 6.28. The zero-order valence-corrected chi connectivity index (χ0v) is 15.4. The van der Waals surface area contributed by atoms with Crippen LogP contribution < -0.4 is 5.32 Å². The van der Waals surface area contributed by atoms with Crippen molar-refractivity contribution in [3.63, 3.8) is 0 Å². The van der Waals surface area contributed by atoms with E-state index < -0.39 is 0 Å². The number of hydrogen-bond donors (Lipinski definition) is 1. The van der Waals surface area contributed by atoms with Crippen LogP contribution >= 0.6 is 0 Å². The molecular weight excluding hydrogens is 330 g/mol. The van der Waals surface area contributed by atoms with E-state index in [1.165, 1.54) is 17.7 Å². The molecule has 0 spiro atoms. The summed E-state index contributed by atoms with van der Waals surface area (Å²) in [6.45, 7) is 8.32. The van der Waals surface area contributed by atoms with Gasteiger partial charge < -0.3 is 5.32 Å². The third kappa shape index (κ3) is 2.76. The fourth-order valence-corrected chi connectivity index (χ4v) is 5.01. The number of halogens is 2. The van der Waals surface area contributed by atoms with Crippen LogP contribution in [0.25, 0.3) is 0 Å². The molecule has 4 rings (SSSR count). The van der Waals surface area contributed by atoms with Crippen molar-refractivity contribution >= 4 is 0 Å². The summed E-state index contributed by atoms with van der Waals surface area (Å²) in [5.41, 5.74) is 3.23. The van der Waals surface area contributed by atoms with Gasteiger partial charge >= 0.3 is 0 Å². The lowest BCUT2D eigenvalue weighted by Gasteiger charge is -2.47. The molecular formula is C22H26F2N2. The Morgan fingerprint density at radius 2 is 1.65 bits per heavy atom. The molecule has 1 saturated heterocycles. The van der Waals surface area contributed by atoms with E-state index in [0.29, 0.717) is 5.92 Å². The van der Waals surface area contributed by atoms with Crippen molar-refractivity contribution in [2.75, 3.05) is 26.2 Å². The van der Waals surface area contributed by atoms with E-state index in [-0.39, 0.29) is 23.1 Å². The van der Waals surface area contributed by atoms with Gasteiger partial charge in [-0.05, 0) is 53.3 Å². The number of fused-ring (bicyclic) bond motifs is 1. The molecule has 2 aromatic rings. The molecule has 2 nitrogen and oxygen atoms in total. The van der Waals surface area contributed by atoms with E-state index in [9.17, 15) is 8.78 Å². The van der Waals surface area contributed by atoms with Crippen molar-refractivity contribution < 1.29 is 8.78 Å². The first kappa shape index (κ1) is 17.6. The lowest BCUT2D eigenvalue weighted by atomic mass is 9.78. The van der Waals surface area contributed by atoms with Gasteiger partial charge in [-0.1, -0.05) is 32.0 Å². The Hall–Kier alpha value is -1.78. The summed E-state index contributed by atoms with van der Waals surface area (Å²) in [7, 11) is 0. The van der Waals surface area contributed by atoms with Crippen molar-refractivity contribution in [2.24, 2.45) is 5.92 Å². The molecule has 4 heteroatoms. The van der Waals surface area contributed by atoms with Crippen LogP contribution in [0.15, 0.2) is 42.5 Å². The molecule has 138 valence electrons. The maximum atomic E-state index is 14.2. The number of benzene rings is 2. The zero-order valence-electron chi connectivity index (χ0n) is 15.4. The number of hydrogen-bond acceptors (Lipinski definition) is 2. The van der Waals surface area contributed by atoms with E-state index in [2.05, 4.69) is 24.1 Å². The van der Waals surface area contributed by atoms with Crippen LogP contribution in [-0.4, -0.2) is 31.1 Å². The second-order valence-electron chi connectivity index (χ2n) is 7.86. The van der Waals surface area contributed by atoms with Gasteiger partial charge in [0.05, 0.1) is 0 Å². The summed E-state index contributed by atoms with van der Waals surface area (Å²) >= 11 is 0. The van der Waals surface area contributed by atoms with E-state index in [1.807, 2.05) is 18.2 Å². The van der Waals surface area contributed by atoms with Crippen molar-refractivity contribution in [1.29, 1.82) is 0 Å². The lowest BCUT2D eigenvalue weighted by Crippen LogP contribution is -2.56. The molecule has 26 heavy (non-hydrogen) atoms. The fraction of sp³-hybridized carbons (Fsp3) is 0.455. The summed E-state index contributed by atoms with van der Waals surface area (Å²) in [5, 5.41) is 3.42. The van der Waals surface area contributed by atoms with Gasteiger partial charge in [0.2, 0.25) is 0 Å². The highest BCUT2D eigenvalue weighted by Crippen LogP contribution is 2.54. The highest BCUT2D eigenvalue weighted by atomic mass is 19.1. The number of rotatable bonds is 3. The molecule has 2 atom stereocenters. The van der Waals surface area contributed by atoms with Crippen LogP contribution in [0, 0.1) is 17.6 Å². The SMILES string of the molecule is CC(C)C1(N2CCNCC2)CC(c2ccc(F)cc2)c2ccc(F)cc21. The minimum absolute atomic E-state index is 0.170. The molecule has 1 N–H and O–H groups in total. The van der Waals surface area contributed by atoms with Crippen LogP contribution in [0.1, 0.15) is 42.9 Å². The van der Waals surface area contributed by atoms with Crippen LogP contribution in [0.2, 0.25) is 0 Å². The van der Waals surface area contributed by atoms with Gasteiger partial charge in [0.1, 0.15) is 11.6 Å². The monoisotopic (exact) mass is 356 g/mol. The molecule has 2 aliphatic rings. The molecule has 0 amide bonds. The first-order valence-electron chi connectivity index (χ1n) is 9.53. The molecule has 0 saturated carbocycles. The van der Waals surface area contributed by atoms with Gasteiger partial charge in [-0.25, -0.2) is 8.78 Å². The summed E-state index contributed by atoms with van der Waals surface area (Å²) < 4.78 is 27.7. The Labute approximate surface area is 154 Å². The summed E-state index contributed by atoms with van der Waals surface area (Å²) in [6.07, 6.45) is 0.912. The Bertz CT molecular complexity index is 781. The molecule has 1 fully saturated rings. The predicted octanol–water partition coefficient (Wildman–Crippen LogP) is 4.26. The van der Waals surface area contributed by atoms with Gasteiger partial charge in [0, 0.05) is 37.6 Å². The maximum Gasteiger partial charge on any atom is 0.123 e. The Kier molecular flexibility index (Phi) is 4.57. The first-order valence-corrected chi connectivity index (χ1v) is 9.53. The predicted molar refractivity (Wildman–Crippen MR) is 100 cm³/mol. The molecule has 2 unspecified atom stereocenters. The lowest BCUT2D eigenvalue weighted by molar-refractivity contribution is 0.0281. The number of piperazine rings is 1. The van der Waals surface area contributed by atoms with Gasteiger partial charge in [-0.3, -0.25) is 4.90 Å². The van der Waals surface area contributed by atoms with E-state index in [4.69, 9.17) is 0 Å². The molecule has 2 aromatic carbocycles. The molecule has 1 aliphatic heterocycles. The number of nitrogens with zero attached hydrogens (tertiary/aromatic N) is 1. The smallest absolute Gasteiger partial charge is 0.123 e. The van der Waals surface area contributed by atoms with Crippen molar-refractivity contribution in [3.8, 4) is 0 Å². The first-order chi connectivity index (χ1) is 12.5. The average molecular weight is 356 g/mol. The van der Waals surface area contributed by atoms with Crippen LogP contribution in [-0.2, 0) is 5.54 Å². The third-order valence-corrected chi connectivity index (χ3v) is 6.28. The Morgan fingerprint density at radius 1 is 1.00 bits per heavy atom. The van der Waals surface area contributed by atoms with E-state index >= 15 is 0 Å². The molecule has 0 aromatic heterocycles. The van der Waals surface area contributed by atoms with Crippen LogP contribution in [0.5, 0.6) is 0 Å². The quantitative estimate of drug-likeness (QED) is 0.884. The molecule has 1 aliphatic carbocycles. The van der Waals surface area contributed by atoms with Gasteiger partial charge in [0.25, 0.3) is 0 Å². The minimum atomic E-state index is -0.219. The van der Waals surface area contributed by atoms with E-state index in [0.717, 1.165) is 43.7 Å². The molecule has 0 radical (unpaired) electrons. The topological polar surface area (TPSA) is 15.3 Å². The van der Waals surface area contributed by atoms with Crippen molar-refractivity contribution in [1.82, 2.24) is 10.2 Å². The summed E-state index contributed by atoms with van der Waals surface area (Å²) in [4.78, 5) is 2.54. The molecule has 1 heterocycles. The zero-order chi connectivity index (χ0) is 18.3. The normalized spacial score (nSPS) is 26.3. The van der Waals surface area contributed by atoms with E-state index in [1.54, 1.807) is 12.1 Å². The van der Waals surface area contributed by atoms with Crippen LogP contribution in [0.4, 0.5) is 8.78 Å². The standard InChI is InChI=1S/C22H26F2N2/c1-15(2)22(26-11-9-25-10-12-26)14-20(16-3-5-17(23)6-4-16)19-8-7-18(24)13-21(19)22/h3-8,13,15,20,25H,9-12,14H2,1-2H3. The Morgan fingerprint density at radius 3 is 2.31 bits per heavy atom. The summed E-state index contributed by atoms with van der Waals surface area (Å²) in [5.74, 6) is 0.127.